The lowest BCUT2D eigenvalue weighted by Gasteiger charge is -2.23. The number of anilines is 2. The number of benzene rings is 3. The van der Waals surface area contributed by atoms with Crippen molar-refractivity contribution in [1.82, 2.24) is 10.6 Å². The summed E-state index contributed by atoms with van der Waals surface area (Å²) in [5.74, 6) is -0.811. The lowest BCUT2D eigenvalue weighted by molar-refractivity contribution is -0.0190. The van der Waals surface area contributed by atoms with E-state index in [-0.39, 0.29) is 11.2 Å². The van der Waals surface area contributed by atoms with Crippen LogP contribution in [0.5, 0.6) is 0 Å². The highest BCUT2D eigenvalue weighted by atomic mass is 32.2. The van der Waals surface area contributed by atoms with Gasteiger partial charge in [0.1, 0.15) is 10.8 Å². The molecule has 0 saturated carbocycles. The van der Waals surface area contributed by atoms with E-state index in [0.29, 0.717) is 27.1 Å². The largest absolute Gasteiger partial charge is 0.274 e. The number of thioether (sulfide) groups is 1. The summed E-state index contributed by atoms with van der Waals surface area (Å²) >= 11 is 1.33. The van der Waals surface area contributed by atoms with Gasteiger partial charge in [0.15, 0.2) is 0 Å². The van der Waals surface area contributed by atoms with E-state index in [2.05, 4.69) is 31.6 Å². The quantitative estimate of drug-likeness (QED) is 0.203. The van der Waals surface area contributed by atoms with Gasteiger partial charge >= 0.3 is 0 Å². The molecule has 206 valence electrons. The lowest BCUT2D eigenvalue weighted by Crippen LogP contribution is -2.39. The Morgan fingerprint density at radius 2 is 1.46 bits per heavy atom. The van der Waals surface area contributed by atoms with Gasteiger partial charge in [-0.25, -0.2) is 9.82 Å². The van der Waals surface area contributed by atoms with Crippen molar-refractivity contribution in [2.45, 2.75) is 47.0 Å². The second-order valence-corrected chi connectivity index (χ2v) is 11.1. The first-order valence-electron chi connectivity index (χ1n) is 12.4. The number of carbonyl (C=O) groups is 1. The summed E-state index contributed by atoms with van der Waals surface area (Å²) < 4.78 is 13.4. The van der Waals surface area contributed by atoms with Crippen molar-refractivity contribution in [2.24, 2.45) is 0 Å². The fraction of sp³-hybridized carbons (Fsp3) is 0.233. The minimum atomic E-state index is -0.498. The minimum absolute atomic E-state index is 0.0229. The van der Waals surface area contributed by atoms with E-state index in [1.807, 2.05) is 26.0 Å². The second kappa shape index (κ2) is 12.8. The Balaban J connectivity index is 1.62. The van der Waals surface area contributed by atoms with Crippen LogP contribution in [0, 0.1) is 5.82 Å². The van der Waals surface area contributed by atoms with E-state index in [4.69, 9.17) is 0 Å². The maximum atomic E-state index is 13.4. The molecule has 0 aromatic heterocycles. The molecule has 1 amide bonds. The minimum Gasteiger partial charge on any atom is -0.274 e. The van der Waals surface area contributed by atoms with E-state index >= 15 is 0 Å². The zero-order valence-electron chi connectivity index (χ0n) is 23.0. The van der Waals surface area contributed by atoms with Gasteiger partial charge in [0.25, 0.3) is 5.91 Å². The summed E-state index contributed by atoms with van der Waals surface area (Å²) in [5.41, 5.74) is 9.53. The number of amides is 1. The number of carbonyl (C=O) groups excluding carboxylic acids is 1. The molecular formula is C30H35FN4O3S. The third-order valence-electron chi connectivity index (χ3n) is 5.79. The summed E-state index contributed by atoms with van der Waals surface area (Å²) in [4.78, 5) is 13.5. The third-order valence-corrected chi connectivity index (χ3v) is 7.26. The van der Waals surface area contributed by atoms with Gasteiger partial charge in [0.05, 0.1) is 11.4 Å². The van der Waals surface area contributed by atoms with Gasteiger partial charge in [-0.3, -0.25) is 20.6 Å². The molecule has 4 N–H and O–H groups in total. The zero-order valence-corrected chi connectivity index (χ0v) is 23.8. The Morgan fingerprint density at radius 1 is 0.897 bits per heavy atom. The van der Waals surface area contributed by atoms with Crippen molar-refractivity contribution in [3.05, 3.63) is 112 Å². The number of hydrogen-bond donors (Lipinski definition) is 4. The number of nitrogens with one attached hydrogen (secondary N) is 2. The molecule has 3 rings (SSSR count). The van der Waals surface area contributed by atoms with E-state index in [1.165, 1.54) is 23.9 Å². The maximum Gasteiger partial charge on any atom is 0.271 e. The van der Waals surface area contributed by atoms with Crippen LogP contribution in [0.1, 0.15) is 63.0 Å². The molecule has 7 nitrogen and oxygen atoms in total. The monoisotopic (exact) mass is 550 g/mol. The smallest absolute Gasteiger partial charge is 0.271 e. The van der Waals surface area contributed by atoms with Crippen LogP contribution in [0.2, 0.25) is 0 Å². The van der Waals surface area contributed by atoms with Crippen molar-refractivity contribution >= 4 is 33.9 Å². The molecule has 0 spiro atoms. The van der Waals surface area contributed by atoms with Gasteiger partial charge in [0.2, 0.25) is 0 Å². The highest BCUT2D eigenvalue weighted by Crippen LogP contribution is 2.37. The molecule has 0 aliphatic carbocycles. The van der Waals surface area contributed by atoms with Crippen LogP contribution >= 0.6 is 11.8 Å². The van der Waals surface area contributed by atoms with Crippen LogP contribution in [0.15, 0.2) is 89.5 Å². The van der Waals surface area contributed by atoms with Crippen molar-refractivity contribution in [3.8, 4) is 0 Å². The first kappa shape index (κ1) is 29.8. The summed E-state index contributed by atoms with van der Waals surface area (Å²) in [5, 5.41) is 23.1. The number of allylic oxidation sites excluding steroid dienone is 2. The zero-order chi connectivity index (χ0) is 28.7. The molecule has 0 saturated heterocycles. The summed E-state index contributed by atoms with van der Waals surface area (Å²) in [6.45, 7) is 12.0. The molecule has 0 radical (unpaired) electrons. The second-order valence-electron chi connectivity index (χ2n) is 10.1. The van der Waals surface area contributed by atoms with Crippen LogP contribution < -0.4 is 16.0 Å². The van der Waals surface area contributed by atoms with Gasteiger partial charge in [-0.05, 0) is 85.8 Å². The van der Waals surface area contributed by atoms with Gasteiger partial charge in [0, 0.05) is 10.5 Å². The Kier molecular flexibility index (Phi) is 9.80. The SMILES string of the molecule is C/C=C(\SC(=C(C)C)c1ccc(F)cc1)N(O)Nc1ccc(C(=O)NN(O)c2ccc(C(C)(C)C)cc2)cc1. The normalized spacial score (nSPS) is 11.6. The maximum absolute atomic E-state index is 13.4. The molecule has 0 heterocycles. The van der Waals surface area contributed by atoms with Crippen LogP contribution in [0.3, 0.4) is 0 Å². The Hall–Kier alpha value is -3.79. The molecule has 3 aromatic rings. The van der Waals surface area contributed by atoms with Crippen molar-refractivity contribution in [3.63, 3.8) is 0 Å². The topological polar surface area (TPSA) is 88.1 Å². The number of nitrogens with zero attached hydrogens (tertiary/aromatic N) is 2. The molecular weight excluding hydrogens is 515 g/mol. The van der Waals surface area contributed by atoms with Crippen LogP contribution in [-0.4, -0.2) is 21.5 Å². The predicted molar refractivity (Wildman–Crippen MR) is 157 cm³/mol. The molecule has 0 atom stereocenters. The number of rotatable bonds is 9. The van der Waals surface area contributed by atoms with Crippen molar-refractivity contribution in [2.75, 3.05) is 10.6 Å². The fourth-order valence-electron chi connectivity index (χ4n) is 3.58. The highest BCUT2D eigenvalue weighted by molar-refractivity contribution is 8.11. The van der Waals surface area contributed by atoms with Crippen molar-refractivity contribution < 1.29 is 19.6 Å². The van der Waals surface area contributed by atoms with E-state index in [9.17, 15) is 19.6 Å². The van der Waals surface area contributed by atoms with E-state index in [1.54, 1.807) is 61.5 Å². The predicted octanol–water partition coefficient (Wildman–Crippen LogP) is 7.73. The molecule has 0 unspecified atom stereocenters. The van der Waals surface area contributed by atoms with Crippen LogP contribution in [0.4, 0.5) is 15.8 Å². The van der Waals surface area contributed by atoms with E-state index < -0.39 is 5.91 Å². The van der Waals surface area contributed by atoms with Gasteiger partial charge in [-0.2, -0.15) is 10.3 Å². The highest BCUT2D eigenvalue weighted by Gasteiger charge is 2.16. The molecule has 9 heteroatoms. The molecule has 0 aliphatic rings. The van der Waals surface area contributed by atoms with E-state index in [0.717, 1.165) is 26.8 Å². The lowest BCUT2D eigenvalue weighted by atomic mass is 9.87. The Bertz CT molecular complexity index is 1330. The van der Waals surface area contributed by atoms with Gasteiger partial charge in [-0.15, -0.1) is 0 Å². The summed E-state index contributed by atoms with van der Waals surface area (Å²) in [6.07, 6.45) is 1.75. The number of hydrogen-bond acceptors (Lipinski definition) is 7. The average Bonchev–Trinajstić information content (AvgIpc) is 2.89. The third kappa shape index (κ3) is 8.10. The molecule has 3 aromatic carbocycles. The first-order valence-corrected chi connectivity index (χ1v) is 13.2. The molecule has 39 heavy (non-hydrogen) atoms. The molecule has 0 bridgehead atoms. The van der Waals surface area contributed by atoms with Gasteiger partial charge < -0.3 is 0 Å². The fourth-order valence-corrected chi connectivity index (χ4v) is 4.50. The Morgan fingerprint density at radius 3 is 1.97 bits per heavy atom. The standard InChI is InChI=1S/C30H35FN4O3S/c1-7-27(39-28(20(2)3)21-8-14-24(31)15-9-21)35(38)32-25-16-10-22(11-17-25)29(36)33-34(37)26-18-12-23(13-19-26)30(4,5)6/h7-19,32,37-38H,1-6H3,(H,33,36)/b27-7-. The van der Waals surface area contributed by atoms with Gasteiger partial charge in [-0.1, -0.05) is 68.4 Å². The summed E-state index contributed by atoms with van der Waals surface area (Å²) in [7, 11) is 0. The number of halogens is 1. The summed E-state index contributed by atoms with van der Waals surface area (Å²) in [6, 6.07) is 19.9. The number of hydroxylamine groups is 1. The average molecular weight is 551 g/mol. The first-order chi connectivity index (χ1) is 18.4. The Labute approximate surface area is 233 Å². The molecule has 0 aliphatic heterocycles. The van der Waals surface area contributed by atoms with Crippen LogP contribution in [-0.2, 0) is 5.41 Å². The molecule has 0 fully saturated rings. The van der Waals surface area contributed by atoms with Crippen LogP contribution in [0.25, 0.3) is 4.91 Å². The van der Waals surface area contributed by atoms with Crippen molar-refractivity contribution in [1.29, 1.82) is 0 Å². The number of hydrazine groups is 2.